The second-order valence-corrected chi connectivity index (χ2v) is 6.23. The Labute approximate surface area is 161 Å². The predicted octanol–water partition coefficient (Wildman–Crippen LogP) is 2.62. The van der Waals surface area contributed by atoms with Gasteiger partial charge in [-0.25, -0.2) is 0 Å². The third kappa shape index (κ3) is 4.22. The normalized spacial score (nSPS) is 12.5. The number of nitrogens with zero attached hydrogens (tertiary/aromatic N) is 2. The van der Waals surface area contributed by atoms with Crippen LogP contribution in [0.1, 0.15) is 17.0 Å². The van der Waals surface area contributed by atoms with Gasteiger partial charge in [-0.15, -0.1) is 5.10 Å². The molecule has 2 heterocycles. The van der Waals surface area contributed by atoms with Crippen molar-refractivity contribution in [2.75, 3.05) is 25.6 Å². The van der Waals surface area contributed by atoms with Crippen LogP contribution in [0.15, 0.2) is 46.9 Å². The van der Waals surface area contributed by atoms with Gasteiger partial charge in [0, 0.05) is 0 Å². The quantitative estimate of drug-likeness (QED) is 0.701. The summed E-state index contributed by atoms with van der Waals surface area (Å²) in [7, 11) is 1.60. The van der Waals surface area contributed by atoms with Gasteiger partial charge in [0.15, 0.2) is 11.5 Å². The van der Waals surface area contributed by atoms with Gasteiger partial charge in [-0.2, -0.15) is 0 Å². The molecule has 0 atom stereocenters. The molecular weight excluding hydrogens is 362 g/mol. The van der Waals surface area contributed by atoms with Crippen LogP contribution in [0.5, 0.6) is 17.2 Å². The van der Waals surface area contributed by atoms with Crippen LogP contribution in [-0.4, -0.2) is 36.4 Å². The van der Waals surface area contributed by atoms with Gasteiger partial charge >= 0.3 is 6.01 Å². The average molecular weight is 381 g/mol. The maximum Gasteiger partial charge on any atom is 0.322 e. The fourth-order valence-corrected chi connectivity index (χ4v) is 2.84. The average Bonchev–Trinajstić information content (AvgIpc) is 3.15. The molecule has 0 spiro atoms. The second kappa shape index (κ2) is 7.99. The highest BCUT2D eigenvalue weighted by atomic mass is 16.6. The molecule has 0 saturated heterocycles. The Kier molecular flexibility index (Phi) is 5.09. The van der Waals surface area contributed by atoms with E-state index in [1.165, 1.54) is 0 Å². The molecule has 144 valence electrons. The van der Waals surface area contributed by atoms with E-state index in [-0.39, 0.29) is 18.3 Å². The van der Waals surface area contributed by atoms with Crippen LogP contribution < -0.4 is 19.5 Å². The van der Waals surface area contributed by atoms with Crippen molar-refractivity contribution in [3.8, 4) is 17.2 Å². The number of hydrogen-bond donors (Lipinski definition) is 1. The number of fused-ring (bicyclic) bond motifs is 1. The first-order valence-corrected chi connectivity index (χ1v) is 8.83. The van der Waals surface area contributed by atoms with Gasteiger partial charge in [-0.05, 0) is 35.4 Å². The van der Waals surface area contributed by atoms with Gasteiger partial charge in [0.1, 0.15) is 19.0 Å². The highest BCUT2D eigenvalue weighted by Gasteiger charge is 2.14. The zero-order valence-corrected chi connectivity index (χ0v) is 15.3. The number of ether oxygens (including phenoxy) is 3. The molecule has 2 aromatic carbocycles. The minimum absolute atomic E-state index is 0.0751. The van der Waals surface area contributed by atoms with Crippen molar-refractivity contribution in [3.63, 3.8) is 0 Å². The van der Waals surface area contributed by atoms with Crippen LogP contribution in [0, 0.1) is 0 Å². The number of rotatable bonds is 6. The van der Waals surface area contributed by atoms with Gasteiger partial charge in [-0.1, -0.05) is 23.3 Å². The Balaban J connectivity index is 1.35. The van der Waals surface area contributed by atoms with Crippen LogP contribution in [0.2, 0.25) is 0 Å². The second-order valence-electron chi connectivity index (χ2n) is 6.23. The SMILES string of the molecule is COc1ccc(CC(=O)Nc2nnc(Cc3ccc4c(c3)OCCO4)o2)cc1. The summed E-state index contributed by atoms with van der Waals surface area (Å²) >= 11 is 0. The van der Waals surface area contributed by atoms with E-state index in [1.807, 2.05) is 30.3 Å². The molecule has 1 aliphatic heterocycles. The Bertz CT molecular complexity index is 968. The van der Waals surface area contributed by atoms with Crippen molar-refractivity contribution in [1.82, 2.24) is 10.2 Å². The lowest BCUT2D eigenvalue weighted by molar-refractivity contribution is -0.115. The number of benzene rings is 2. The van der Waals surface area contributed by atoms with Gasteiger partial charge in [0.05, 0.1) is 20.0 Å². The van der Waals surface area contributed by atoms with E-state index < -0.39 is 0 Å². The summed E-state index contributed by atoms with van der Waals surface area (Å²) in [6, 6.07) is 13.0. The fraction of sp³-hybridized carbons (Fsp3) is 0.250. The van der Waals surface area contributed by atoms with Gasteiger partial charge in [0.25, 0.3) is 0 Å². The van der Waals surface area contributed by atoms with Crippen LogP contribution in [0.25, 0.3) is 0 Å². The largest absolute Gasteiger partial charge is 0.497 e. The molecule has 0 bridgehead atoms. The van der Waals surface area contributed by atoms with Crippen molar-refractivity contribution >= 4 is 11.9 Å². The third-order valence-corrected chi connectivity index (χ3v) is 4.20. The maximum absolute atomic E-state index is 12.2. The topological polar surface area (TPSA) is 95.7 Å². The Morgan fingerprint density at radius 3 is 2.57 bits per heavy atom. The summed E-state index contributed by atoms with van der Waals surface area (Å²) in [5.41, 5.74) is 1.80. The smallest absolute Gasteiger partial charge is 0.322 e. The van der Waals surface area contributed by atoms with E-state index in [4.69, 9.17) is 18.6 Å². The molecule has 8 heteroatoms. The molecule has 28 heavy (non-hydrogen) atoms. The number of carbonyl (C=O) groups excluding carboxylic acids is 1. The number of anilines is 1. The lowest BCUT2D eigenvalue weighted by Crippen LogP contribution is -2.15. The number of methoxy groups -OCH3 is 1. The molecule has 0 saturated carbocycles. The minimum Gasteiger partial charge on any atom is -0.497 e. The molecule has 1 aromatic heterocycles. The number of carbonyl (C=O) groups is 1. The summed E-state index contributed by atoms with van der Waals surface area (Å²) in [5, 5.41) is 10.5. The van der Waals surface area contributed by atoms with Crippen molar-refractivity contribution in [1.29, 1.82) is 0 Å². The summed E-state index contributed by atoms with van der Waals surface area (Å²) < 4.78 is 21.7. The summed E-state index contributed by atoms with van der Waals surface area (Å²) in [4.78, 5) is 12.2. The van der Waals surface area contributed by atoms with E-state index in [0.29, 0.717) is 31.3 Å². The van der Waals surface area contributed by atoms with Crippen molar-refractivity contribution < 1.29 is 23.4 Å². The van der Waals surface area contributed by atoms with Crippen LogP contribution in [-0.2, 0) is 17.6 Å². The molecule has 4 rings (SSSR count). The lowest BCUT2D eigenvalue weighted by Gasteiger charge is -2.18. The molecule has 0 aliphatic carbocycles. The monoisotopic (exact) mass is 381 g/mol. The van der Waals surface area contributed by atoms with E-state index >= 15 is 0 Å². The Morgan fingerprint density at radius 2 is 1.79 bits per heavy atom. The van der Waals surface area contributed by atoms with Gasteiger partial charge < -0.3 is 18.6 Å². The Hall–Kier alpha value is -3.55. The first-order valence-electron chi connectivity index (χ1n) is 8.83. The first-order chi connectivity index (χ1) is 13.7. The predicted molar refractivity (Wildman–Crippen MR) is 99.9 cm³/mol. The number of hydrogen-bond acceptors (Lipinski definition) is 7. The van der Waals surface area contributed by atoms with Crippen molar-refractivity contribution in [3.05, 3.63) is 59.5 Å². The van der Waals surface area contributed by atoms with E-state index in [1.54, 1.807) is 19.2 Å². The van der Waals surface area contributed by atoms with Crippen LogP contribution in [0.4, 0.5) is 6.01 Å². The minimum atomic E-state index is -0.236. The number of aromatic nitrogens is 2. The number of nitrogens with one attached hydrogen (secondary N) is 1. The number of amides is 1. The molecular formula is C20H19N3O5. The molecule has 1 aliphatic rings. The highest BCUT2D eigenvalue weighted by Crippen LogP contribution is 2.31. The molecule has 0 fully saturated rings. The highest BCUT2D eigenvalue weighted by molar-refractivity contribution is 5.90. The first kappa shape index (κ1) is 17.8. The Morgan fingerprint density at radius 1 is 1.04 bits per heavy atom. The zero-order valence-electron chi connectivity index (χ0n) is 15.3. The summed E-state index contributed by atoms with van der Waals surface area (Å²) in [6.45, 7) is 1.08. The van der Waals surface area contributed by atoms with Crippen LogP contribution >= 0.6 is 0 Å². The van der Waals surface area contributed by atoms with Crippen LogP contribution in [0.3, 0.4) is 0 Å². The summed E-state index contributed by atoms with van der Waals surface area (Å²) in [6.07, 6.45) is 0.627. The molecule has 1 N–H and O–H groups in total. The fourth-order valence-electron chi connectivity index (χ4n) is 2.84. The molecule has 3 aromatic rings. The summed E-state index contributed by atoms with van der Waals surface area (Å²) in [5.74, 6) is 2.34. The molecule has 0 radical (unpaired) electrons. The molecule has 0 unspecified atom stereocenters. The van der Waals surface area contributed by atoms with E-state index in [0.717, 1.165) is 22.6 Å². The maximum atomic E-state index is 12.2. The van der Waals surface area contributed by atoms with Crippen molar-refractivity contribution in [2.24, 2.45) is 0 Å². The van der Waals surface area contributed by atoms with Gasteiger partial charge in [0.2, 0.25) is 11.8 Å². The molecule has 1 amide bonds. The molecule has 8 nitrogen and oxygen atoms in total. The zero-order chi connectivity index (χ0) is 19.3. The van der Waals surface area contributed by atoms with E-state index in [2.05, 4.69) is 15.5 Å². The standard InChI is InChI=1S/C20H19N3O5/c1-25-15-5-2-13(3-6-15)11-18(24)21-20-23-22-19(28-20)12-14-4-7-16-17(10-14)27-9-8-26-16/h2-7,10H,8-9,11-12H2,1H3,(H,21,23,24). The van der Waals surface area contributed by atoms with Crippen molar-refractivity contribution in [2.45, 2.75) is 12.8 Å². The van der Waals surface area contributed by atoms with E-state index in [9.17, 15) is 4.79 Å². The lowest BCUT2D eigenvalue weighted by atomic mass is 10.1. The van der Waals surface area contributed by atoms with Gasteiger partial charge in [-0.3, -0.25) is 10.1 Å². The third-order valence-electron chi connectivity index (χ3n) is 4.20.